The first-order chi connectivity index (χ1) is 8.08. The summed E-state index contributed by atoms with van der Waals surface area (Å²) in [6.45, 7) is 4.72. The van der Waals surface area contributed by atoms with E-state index in [9.17, 15) is 4.79 Å². The largest absolute Gasteiger partial charge is 0.349 e. The van der Waals surface area contributed by atoms with Gasteiger partial charge in [0.05, 0.1) is 5.38 Å². The van der Waals surface area contributed by atoms with Gasteiger partial charge >= 0.3 is 0 Å². The summed E-state index contributed by atoms with van der Waals surface area (Å²) in [5.74, 6) is 0.280. The maximum Gasteiger partial charge on any atom is 0.271 e. The molecule has 1 rings (SSSR count). The van der Waals surface area contributed by atoms with E-state index in [1.807, 2.05) is 0 Å². The maximum atomic E-state index is 11.7. The van der Waals surface area contributed by atoms with Crippen LogP contribution in [0.1, 0.15) is 37.2 Å². The summed E-state index contributed by atoms with van der Waals surface area (Å²) in [7, 11) is 1.78. The van der Waals surface area contributed by atoms with Gasteiger partial charge in [0.1, 0.15) is 5.69 Å². The number of amides is 1. The van der Waals surface area contributed by atoms with Crippen LogP contribution in [0.15, 0.2) is 12.3 Å². The second-order valence-corrected chi connectivity index (χ2v) is 4.74. The number of alkyl halides is 1. The second-order valence-electron chi connectivity index (χ2n) is 4.18. The Morgan fingerprint density at radius 1 is 1.53 bits per heavy atom. The van der Waals surface area contributed by atoms with E-state index >= 15 is 0 Å². The van der Waals surface area contributed by atoms with E-state index < -0.39 is 0 Å². The molecule has 4 nitrogen and oxygen atoms in total. The summed E-state index contributed by atoms with van der Waals surface area (Å²) in [4.78, 5) is 11.7. The summed E-state index contributed by atoms with van der Waals surface area (Å²) in [6, 6.07) is 1.69. The van der Waals surface area contributed by atoms with E-state index in [-0.39, 0.29) is 11.3 Å². The lowest BCUT2D eigenvalue weighted by molar-refractivity contribution is 0.0946. The molecule has 0 aliphatic heterocycles. The van der Waals surface area contributed by atoms with Crippen LogP contribution in [0.25, 0.3) is 0 Å². The lowest BCUT2D eigenvalue weighted by Gasteiger charge is -2.19. The predicted molar refractivity (Wildman–Crippen MR) is 69.3 cm³/mol. The third kappa shape index (κ3) is 4.04. The Hall–Kier alpha value is -1.03. The van der Waals surface area contributed by atoms with Crippen molar-refractivity contribution < 1.29 is 4.79 Å². The minimum absolute atomic E-state index is 0.0161. The van der Waals surface area contributed by atoms with Crippen LogP contribution >= 0.6 is 11.6 Å². The molecule has 0 saturated heterocycles. The molecule has 0 spiro atoms. The molecule has 1 unspecified atom stereocenters. The smallest absolute Gasteiger partial charge is 0.271 e. The van der Waals surface area contributed by atoms with Gasteiger partial charge in [0, 0.05) is 19.8 Å². The number of nitrogens with zero attached hydrogens (tertiary/aromatic N) is 2. The van der Waals surface area contributed by atoms with Gasteiger partial charge in [-0.1, -0.05) is 26.7 Å². The van der Waals surface area contributed by atoms with Crippen LogP contribution in [-0.2, 0) is 7.05 Å². The monoisotopic (exact) mass is 257 g/mol. The van der Waals surface area contributed by atoms with Crippen LogP contribution in [0.5, 0.6) is 0 Å². The van der Waals surface area contributed by atoms with E-state index in [1.54, 1.807) is 24.0 Å². The van der Waals surface area contributed by atoms with Crippen molar-refractivity contribution in [3.8, 4) is 0 Å². The van der Waals surface area contributed by atoms with Crippen molar-refractivity contribution in [2.75, 3.05) is 6.54 Å². The molecule has 0 radical (unpaired) electrons. The lowest BCUT2D eigenvalue weighted by atomic mass is 9.99. The molecule has 96 valence electrons. The van der Waals surface area contributed by atoms with Crippen LogP contribution in [-0.4, -0.2) is 27.6 Å². The normalized spacial score (nSPS) is 12.8. The predicted octanol–water partition coefficient (Wildman–Crippen LogP) is 2.19. The molecule has 0 fully saturated rings. The highest BCUT2D eigenvalue weighted by molar-refractivity contribution is 6.21. The van der Waals surface area contributed by atoms with Crippen molar-refractivity contribution in [3.63, 3.8) is 0 Å². The molecule has 0 aromatic carbocycles. The zero-order valence-electron chi connectivity index (χ0n) is 10.6. The maximum absolute atomic E-state index is 11.7. The van der Waals surface area contributed by atoms with E-state index in [0.717, 1.165) is 12.8 Å². The zero-order valence-corrected chi connectivity index (χ0v) is 11.4. The van der Waals surface area contributed by atoms with E-state index in [2.05, 4.69) is 24.3 Å². The van der Waals surface area contributed by atoms with E-state index in [4.69, 9.17) is 11.6 Å². The number of nitrogens with one attached hydrogen (secondary N) is 1. The highest BCUT2D eigenvalue weighted by Crippen LogP contribution is 2.17. The van der Waals surface area contributed by atoms with Crippen molar-refractivity contribution >= 4 is 17.5 Å². The lowest BCUT2D eigenvalue weighted by Crippen LogP contribution is -2.33. The molecule has 0 bridgehead atoms. The summed E-state index contributed by atoms with van der Waals surface area (Å²) in [6.07, 6.45) is 3.81. The van der Waals surface area contributed by atoms with Crippen LogP contribution < -0.4 is 5.32 Å². The molecular weight excluding hydrogens is 238 g/mol. The van der Waals surface area contributed by atoms with Gasteiger partial charge in [-0.05, 0) is 12.0 Å². The Balaban J connectivity index is 2.43. The summed E-state index contributed by atoms with van der Waals surface area (Å²) in [5, 5.41) is 6.83. The molecule has 1 heterocycles. The van der Waals surface area contributed by atoms with Crippen LogP contribution in [0.3, 0.4) is 0 Å². The number of hydrogen-bond acceptors (Lipinski definition) is 2. The first-order valence-electron chi connectivity index (χ1n) is 6.00. The molecule has 0 aliphatic carbocycles. The molecule has 1 aromatic heterocycles. The number of rotatable bonds is 6. The Morgan fingerprint density at radius 2 is 2.18 bits per heavy atom. The summed E-state index contributed by atoms with van der Waals surface area (Å²) < 4.78 is 1.61. The van der Waals surface area contributed by atoms with Gasteiger partial charge in [0.25, 0.3) is 5.91 Å². The van der Waals surface area contributed by atoms with Crippen LogP contribution in [0, 0.1) is 5.92 Å². The van der Waals surface area contributed by atoms with Gasteiger partial charge in [-0.15, -0.1) is 11.6 Å². The van der Waals surface area contributed by atoms with Crippen LogP contribution in [0.2, 0.25) is 0 Å². The number of carbonyl (C=O) groups is 1. The highest BCUT2D eigenvalue weighted by Gasteiger charge is 2.17. The topological polar surface area (TPSA) is 46.9 Å². The Labute approximate surface area is 107 Å². The average Bonchev–Trinajstić information content (AvgIpc) is 2.74. The number of aromatic nitrogens is 2. The highest BCUT2D eigenvalue weighted by atomic mass is 35.5. The van der Waals surface area contributed by atoms with Gasteiger partial charge in [0.2, 0.25) is 0 Å². The summed E-state index contributed by atoms with van der Waals surface area (Å²) in [5.41, 5.74) is 0.431. The molecule has 5 heteroatoms. The first kappa shape index (κ1) is 14.0. The average molecular weight is 258 g/mol. The van der Waals surface area contributed by atoms with Crippen molar-refractivity contribution in [1.82, 2.24) is 15.1 Å². The first-order valence-corrected chi connectivity index (χ1v) is 6.44. The molecule has 17 heavy (non-hydrogen) atoms. The van der Waals surface area contributed by atoms with Crippen LogP contribution in [0.4, 0.5) is 0 Å². The van der Waals surface area contributed by atoms with Gasteiger partial charge in [0.15, 0.2) is 0 Å². The number of carbonyl (C=O) groups excluding carboxylic acids is 1. The Bertz CT molecular complexity index is 360. The molecule has 1 N–H and O–H groups in total. The standard InChI is InChI=1S/C12H20ClN3O/c1-4-9(5-2)10(13)8-14-12(17)11-6-7-16(3)15-11/h6-7,9-10H,4-5,8H2,1-3H3,(H,14,17). The number of aryl methyl sites for hydroxylation is 1. The SMILES string of the molecule is CCC(CC)C(Cl)CNC(=O)c1ccn(C)n1. The van der Waals surface area contributed by atoms with Crippen molar-refractivity contribution in [2.24, 2.45) is 13.0 Å². The molecule has 1 atom stereocenters. The molecule has 0 saturated carbocycles. The minimum Gasteiger partial charge on any atom is -0.349 e. The summed E-state index contributed by atoms with van der Waals surface area (Å²) >= 11 is 6.24. The Morgan fingerprint density at radius 3 is 2.65 bits per heavy atom. The molecule has 0 aliphatic rings. The van der Waals surface area contributed by atoms with Gasteiger partial charge in [-0.2, -0.15) is 5.10 Å². The number of hydrogen-bond donors (Lipinski definition) is 1. The van der Waals surface area contributed by atoms with Crippen molar-refractivity contribution in [3.05, 3.63) is 18.0 Å². The fourth-order valence-electron chi connectivity index (χ4n) is 1.78. The van der Waals surface area contributed by atoms with Crippen molar-refractivity contribution in [1.29, 1.82) is 0 Å². The molecule has 1 aromatic rings. The van der Waals surface area contributed by atoms with Gasteiger partial charge < -0.3 is 5.32 Å². The van der Waals surface area contributed by atoms with Gasteiger partial charge in [-0.25, -0.2) is 0 Å². The van der Waals surface area contributed by atoms with Crippen molar-refractivity contribution in [2.45, 2.75) is 32.1 Å². The van der Waals surface area contributed by atoms with E-state index in [1.165, 1.54) is 0 Å². The third-order valence-corrected chi connectivity index (χ3v) is 3.47. The fraction of sp³-hybridized carbons (Fsp3) is 0.667. The third-order valence-electron chi connectivity index (χ3n) is 2.96. The molecular formula is C12H20ClN3O. The van der Waals surface area contributed by atoms with Gasteiger partial charge in [-0.3, -0.25) is 9.48 Å². The minimum atomic E-state index is -0.165. The van der Waals surface area contributed by atoms with E-state index in [0.29, 0.717) is 18.2 Å². The second kappa shape index (κ2) is 6.64. The molecule has 1 amide bonds. The fourth-order valence-corrected chi connectivity index (χ4v) is 2.22. The zero-order chi connectivity index (χ0) is 12.8. The number of halogens is 1. The quantitative estimate of drug-likeness (QED) is 0.794. The Kier molecular flexibility index (Phi) is 5.48.